The van der Waals surface area contributed by atoms with Crippen molar-refractivity contribution in [3.05, 3.63) is 75.5 Å². The van der Waals surface area contributed by atoms with Crippen molar-refractivity contribution in [3.8, 4) is 11.4 Å². The molecule has 1 aliphatic heterocycles. The summed E-state index contributed by atoms with van der Waals surface area (Å²) in [7, 11) is 1.68. The van der Waals surface area contributed by atoms with Gasteiger partial charge in [-0.2, -0.15) is 5.10 Å². The van der Waals surface area contributed by atoms with Crippen molar-refractivity contribution in [1.29, 1.82) is 0 Å². The van der Waals surface area contributed by atoms with Crippen LogP contribution in [0.2, 0.25) is 0 Å². The number of hydrogen-bond donors (Lipinski definition) is 0. The van der Waals surface area contributed by atoms with Crippen LogP contribution in [0.5, 0.6) is 5.75 Å². The third-order valence-electron chi connectivity index (χ3n) is 5.80. The summed E-state index contributed by atoms with van der Waals surface area (Å²) < 4.78 is 8.10. The van der Waals surface area contributed by atoms with Crippen molar-refractivity contribution in [3.63, 3.8) is 0 Å². The average Bonchev–Trinajstić information content (AvgIpc) is 3.08. The molecular formula is C24H27BrN4O2. The fraction of sp³-hybridized carbons (Fsp3) is 0.333. The van der Waals surface area contributed by atoms with E-state index in [-0.39, 0.29) is 5.91 Å². The Morgan fingerprint density at radius 1 is 1.00 bits per heavy atom. The number of ether oxygens (including phenoxy) is 1. The Morgan fingerprint density at radius 3 is 2.26 bits per heavy atom. The Balaban J connectivity index is 1.42. The summed E-state index contributed by atoms with van der Waals surface area (Å²) in [6, 6.07) is 16.1. The predicted molar refractivity (Wildman–Crippen MR) is 125 cm³/mol. The number of amides is 1. The number of nitrogens with zero attached hydrogens (tertiary/aromatic N) is 4. The summed E-state index contributed by atoms with van der Waals surface area (Å²) in [6.45, 7) is 7.92. The second kappa shape index (κ2) is 9.24. The second-order valence-electron chi connectivity index (χ2n) is 7.85. The lowest BCUT2D eigenvalue weighted by Crippen LogP contribution is -2.48. The summed E-state index contributed by atoms with van der Waals surface area (Å²) in [4.78, 5) is 17.6. The molecule has 31 heavy (non-hydrogen) atoms. The van der Waals surface area contributed by atoms with Crippen molar-refractivity contribution in [2.24, 2.45) is 0 Å². The first-order chi connectivity index (χ1) is 15.0. The van der Waals surface area contributed by atoms with Gasteiger partial charge in [0.1, 0.15) is 5.75 Å². The Bertz CT molecular complexity index is 1050. The van der Waals surface area contributed by atoms with Gasteiger partial charge in [-0.05, 0) is 55.8 Å². The summed E-state index contributed by atoms with van der Waals surface area (Å²) >= 11 is 3.46. The minimum absolute atomic E-state index is 0.0717. The maximum Gasteiger partial charge on any atom is 0.257 e. The van der Waals surface area contributed by atoms with Crippen LogP contribution in [-0.4, -0.2) is 58.8 Å². The number of aryl methyl sites for hydroxylation is 1. The molecule has 0 aliphatic carbocycles. The average molecular weight is 483 g/mol. The van der Waals surface area contributed by atoms with Crippen molar-refractivity contribution in [2.45, 2.75) is 20.4 Å². The Kier molecular flexibility index (Phi) is 6.43. The normalized spacial score (nSPS) is 14.6. The number of halogens is 1. The van der Waals surface area contributed by atoms with E-state index in [9.17, 15) is 4.79 Å². The van der Waals surface area contributed by atoms with Crippen molar-refractivity contribution < 1.29 is 9.53 Å². The van der Waals surface area contributed by atoms with E-state index in [0.29, 0.717) is 5.56 Å². The third-order valence-corrected chi connectivity index (χ3v) is 6.33. The number of hydrogen-bond acceptors (Lipinski definition) is 4. The highest BCUT2D eigenvalue weighted by atomic mass is 79.9. The quantitative estimate of drug-likeness (QED) is 0.546. The Morgan fingerprint density at radius 2 is 1.65 bits per heavy atom. The van der Waals surface area contributed by atoms with Crippen LogP contribution >= 0.6 is 15.9 Å². The molecule has 3 aromatic rings. The van der Waals surface area contributed by atoms with Crippen LogP contribution in [-0.2, 0) is 6.54 Å². The van der Waals surface area contributed by atoms with E-state index in [1.807, 2.05) is 59.8 Å². The molecule has 0 radical (unpaired) electrons. The molecule has 162 valence electrons. The molecule has 1 fully saturated rings. The SMILES string of the molecule is COc1ccc(CN2CCN(C(=O)c3c(C)nn(-c4ccc(Br)cc4)c3C)CC2)cc1. The maximum atomic E-state index is 13.3. The number of rotatable bonds is 5. The van der Waals surface area contributed by atoms with Crippen LogP contribution in [0.4, 0.5) is 0 Å². The molecule has 6 nitrogen and oxygen atoms in total. The van der Waals surface area contributed by atoms with Gasteiger partial charge in [0.15, 0.2) is 0 Å². The minimum atomic E-state index is 0.0717. The Hall–Kier alpha value is -2.64. The van der Waals surface area contributed by atoms with Crippen LogP contribution < -0.4 is 4.74 Å². The van der Waals surface area contributed by atoms with Crippen LogP contribution in [0.25, 0.3) is 5.69 Å². The molecule has 4 rings (SSSR count). The van der Waals surface area contributed by atoms with Gasteiger partial charge in [-0.25, -0.2) is 4.68 Å². The summed E-state index contributed by atoms with van der Waals surface area (Å²) in [5.41, 5.74) is 4.57. The molecule has 1 saturated heterocycles. The smallest absolute Gasteiger partial charge is 0.257 e. The lowest BCUT2D eigenvalue weighted by atomic mass is 10.1. The zero-order valence-corrected chi connectivity index (χ0v) is 19.7. The van der Waals surface area contributed by atoms with Crippen LogP contribution in [0, 0.1) is 13.8 Å². The molecule has 0 spiro atoms. The zero-order chi connectivity index (χ0) is 22.0. The molecule has 1 amide bonds. The van der Waals surface area contributed by atoms with Gasteiger partial charge in [0.25, 0.3) is 5.91 Å². The van der Waals surface area contributed by atoms with Crippen molar-refractivity contribution >= 4 is 21.8 Å². The summed E-state index contributed by atoms with van der Waals surface area (Å²) in [5.74, 6) is 0.941. The van der Waals surface area contributed by atoms with Gasteiger partial charge in [-0.3, -0.25) is 9.69 Å². The van der Waals surface area contributed by atoms with Crippen LogP contribution in [0.15, 0.2) is 53.0 Å². The van der Waals surface area contributed by atoms with Gasteiger partial charge < -0.3 is 9.64 Å². The van der Waals surface area contributed by atoms with E-state index < -0.39 is 0 Å². The number of carbonyl (C=O) groups is 1. The number of aromatic nitrogens is 2. The fourth-order valence-electron chi connectivity index (χ4n) is 4.04. The van der Waals surface area contributed by atoms with Crippen molar-refractivity contribution in [1.82, 2.24) is 19.6 Å². The molecule has 0 atom stereocenters. The van der Waals surface area contributed by atoms with Gasteiger partial charge in [-0.15, -0.1) is 0 Å². The number of methoxy groups -OCH3 is 1. The lowest BCUT2D eigenvalue weighted by Gasteiger charge is -2.34. The van der Waals surface area contributed by atoms with E-state index >= 15 is 0 Å². The largest absolute Gasteiger partial charge is 0.497 e. The van der Waals surface area contributed by atoms with Gasteiger partial charge in [0.05, 0.1) is 29.7 Å². The van der Waals surface area contributed by atoms with Gasteiger partial charge in [-0.1, -0.05) is 28.1 Å². The highest BCUT2D eigenvalue weighted by Gasteiger charge is 2.27. The van der Waals surface area contributed by atoms with Crippen LogP contribution in [0.3, 0.4) is 0 Å². The van der Waals surface area contributed by atoms with E-state index in [1.54, 1.807) is 7.11 Å². The monoisotopic (exact) mass is 482 g/mol. The molecule has 1 aromatic heterocycles. The van der Waals surface area contributed by atoms with E-state index in [1.165, 1.54) is 5.56 Å². The van der Waals surface area contributed by atoms with E-state index in [0.717, 1.165) is 60.0 Å². The third kappa shape index (κ3) is 4.67. The molecule has 2 heterocycles. The highest BCUT2D eigenvalue weighted by molar-refractivity contribution is 9.10. The molecule has 0 bridgehead atoms. The first-order valence-corrected chi connectivity index (χ1v) is 11.2. The lowest BCUT2D eigenvalue weighted by molar-refractivity contribution is 0.0627. The maximum absolute atomic E-state index is 13.3. The molecule has 7 heteroatoms. The molecule has 1 aliphatic rings. The first-order valence-electron chi connectivity index (χ1n) is 10.4. The topological polar surface area (TPSA) is 50.6 Å². The zero-order valence-electron chi connectivity index (χ0n) is 18.1. The fourth-order valence-corrected chi connectivity index (χ4v) is 4.31. The van der Waals surface area contributed by atoms with E-state index in [4.69, 9.17) is 4.74 Å². The van der Waals surface area contributed by atoms with Crippen LogP contribution in [0.1, 0.15) is 27.3 Å². The van der Waals surface area contributed by atoms with Gasteiger partial charge >= 0.3 is 0 Å². The Labute approximate surface area is 191 Å². The standard InChI is InChI=1S/C24H27BrN4O2/c1-17-23(18(2)29(26-17)21-8-6-20(25)7-9-21)24(30)28-14-12-27(13-15-28)16-19-4-10-22(31-3)11-5-19/h4-11H,12-16H2,1-3H3. The number of benzene rings is 2. The van der Waals surface area contributed by atoms with E-state index in [2.05, 4.69) is 38.1 Å². The summed E-state index contributed by atoms with van der Waals surface area (Å²) in [5, 5.41) is 4.64. The first kappa shape index (κ1) is 21.6. The molecular weight excluding hydrogens is 456 g/mol. The molecule has 0 saturated carbocycles. The van der Waals surface area contributed by atoms with Gasteiger partial charge in [0, 0.05) is 37.2 Å². The summed E-state index contributed by atoms with van der Waals surface area (Å²) in [6.07, 6.45) is 0. The number of carbonyl (C=O) groups excluding carboxylic acids is 1. The molecule has 0 unspecified atom stereocenters. The highest BCUT2D eigenvalue weighted by Crippen LogP contribution is 2.22. The predicted octanol–water partition coefficient (Wildman–Crippen LogP) is 4.22. The van der Waals surface area contributed by atoms with Crippen molar-refractivity contribution in [2.75, 3.05) is 33.3 Å². The molecule has 0 N–H and O–H groups in total. The second-order valence-corrected chi connectivity index (χ2v) is 8.77. The number of piperazine rings is 1. The molecule has 2 aromatic carbocycles. The minimum Gasteiger partial charge on any atom is -0.497 e. The van der Waals surface area contributed by atoms with Gasteiger partial charge in [0.2, 0.25) is 0 Å².